The van der Waals surface area contributed by atoms with Gasteiger partial charge in [-0.2, -0.15) is 0 Å². The van der Waals surface area contributed by atoms with Gasteiger partial charge in [0.15, 0.2) is 6.29 Å². The fraction of sp³-hybridized carbons (Fsp3) is 0.250. The van der Waals surface area contributed by atoms with E-state index in [9.17, 15) is 9.90 Å². The van der Waals surface area contributed by atoms with Crippen molar-refractivity contribution >= 4 is 5.91 Å². The van der Waals surface area contributed by atoms with Gasteiger partial charge in [-0.3, -0.25) is 9.78 Å². The quantitative estimate of drug-likeness (QED) is 0.157. The number of amides is 1. The van der Waals surface area contributed by atoms with Crippen molar-refractivity contribution < 1.29 is 19.4 Å². The number of ether oxygens (including phenoxy) is 2. The standard InChI is InChI=1S/C40H41N3O4/c1-43(22-20-36-15-5-6-21-41-36)27-37-25-38(31-18-16-29(28-44)17-19-31)47-40(46-37)35-14-8-13-34(24-35)33-12-7-9-30(23-33)26-42-39(45)32-10-3-2-4-11-32/h2-19,21,23-24,37-38,40,44H,20,22,25-28H2,1H3,(H,42,45). The van der Waals surface area contributed by atoms with E-state index in [1.54, 1.807) is 0 Å². The lowest BCUT2D eigenvalue weighted by Crippen LogP contribution is -2.38. The van der Waals surface area contributed by atoms with E-state index in [1.807, 2.05) is 91.1 Å². The van der Waals surface area contributed by atoms with Gasteiger partial charge in [-0.15, -0.1) is 0 Å². The highest BCUT2D eigenvalue weighted by molar-refractivity contribution is 5.94. The fourth-order valence-electron chi connectivity index (χ4n) is 5.92. The van der Waals surface area contributed by atoms with Crippen LogP contribution in [0.1, 0.15) is 57.1 Å². The van der Waals surface area contributed by atoms with E-state index in [0.717, 1.165) is 65.0 Å². The first-order chi connectivity index (χ1) is 23.0. The van der Waals surface area contributed by atoms with Gasteiger partial charge in [-0.05, 0) is 71.3 Å². The third-order valence-electron chi connectivity index (χ3n) is 8.51. The van der Waals surface area contributed by atoms with E-state index >= 15 is 0 Å². The number of benzene rings is 4. The molecule has 3 atom stereocenters. The van der Waals surface area contributed by atoms with Crippen LogP contribution in [-0.2, 0) is 29.0 Å². The molecule has 0 bridgehead atoms. The molecule has 1 saturated heterocycles. The minimum absolute atomic E-state index is 0.00855. The first-order valence-corrected chi connectivity index (χ1v) is 16.2. The van der Waals surface area contributed by atoms with Crippen molar-refractivity contribution in [2.75, 3.05) is 20.1 Å². The summed E-state index contributed by atoms with van der Waals surface area (Å²) in [6.07, 6.45) is 2.67. The molecule has 1 aliphatic rings. The Balaban J connectivity index is 1.17. The second-order valence-electron chi connectivity index (χ2n) is 12.1. The van der Waals surface area contributed by atoms with E-state index < -0.39 is 6.29 Å². The topological polar surface area (TPSA) is 83.9 Å². The van der Waals surface area contributed by atoms with Gasteiger partial charge in [0.2, 0.25) is 0 Å². The number of pyridine rings is 1. The highest BCUT2D eigenvalue weighted by Gasteiger charge is 2.33. The van der Waals surface area contributed by atoms with Gasteiger partial charge in [0, 0.05) is 55.5 Å². The zero-order valence-electron chi connectivity index (χ0n) is 26.7. The molecule has 2 heterocycles. The van der Waals surface area contributed by atoms with E-state index in [4.69, 9.17) is 9.47 Å². The van der Waals surface area contributed by atoms with Gasteiger partial charge < -0.3 is 24.8 Å². The number of aromatic nitrogens is 1. The average Bonchev–Trinajstić information content (AvgIpc) is 3.14. The summed E-state index contributed by atoms with van der Waals surface area (Å²) in [6.45, 7) is 2.07. The number of carbonyl (C=O) groups excluding carboxylic acids is 1. The van der Waals surface area contributed by atoms with Crippen LogP contribution in [0.2, 0.25) is 0 Å². The Morgan fingerprint density at radius 2 is 1.60 bits per heavy atom. The third-order valence-corrected chi connectivity index (χ3v) is 8.51. The highest BCUT2D eigenvalue weighted by Crippen LogP contribution is 2.39. The van der Waals surface area contributed by atoms with Crippen LogP contribution in [0.15, 0.2) is 128 Å². The van der Waals surface area contributed by atoms with E-state index in [1.165, 1.54) is 0 Å². The van der Waals surface area contributed by atoms with E-state index in [0.29, 0.717) is 12.1 Å². The predicted octanol–water partition coefficient (Wildman–Crippen LogP) is 6.89. The number of hydrogen-bond donors (Lipinski definition) is 2. The number of aliphatic hydroxyl groups is 1. The minimum atomic E-state index is -0.547. The Hall–Kier alpha value is -4.66. The lowest BCUT2D eigenvalue weighted by Gasteiger charge is -2.38. The van der Waals surface area contributed by atoms with Crippen molar-refractivity contribution in [3.8, 4) is 11.1 Å². The zero-order valence-corrected chi connectivity index (χ0v) is 26.7. The smallest absolute Gasteiger partial charge is 0.251 e. The molecule has 240 valence electrons. The SMILES string of the molecule is CN(CCc1ccccn1)CC1CC(c2ccc(CO)cc2)OC(c2cccc(-c3cccc(CNC(=O)c4ccccc4)c3)c2)O1. The summed E-state index contributed by atoms with van der Waals surface area (Å²) in [5.74, 6) is -0.0953. The predicted molar refractivity (Wildman–Crippen MR) is 183 cm³/mol. The summed E-state index contributed by atoms with van der Waals surface area (Å²) >= 11 is 0. The van der Waals surface area contributed by atoms with Gasteiger partial charge >= 0.3 is 0 Å². The molecule has 4 aromatic carbocycles. The molecule has 1 amide bonds. The summed E-state index contributed by atoms with van der Waals surface area (Å²) in [5.41, 5.74) is 7.72. The molecule has 5 aromatic rings. The monoisotopic (exact) mass is 627 g/mol. The Morgan fingerprint density at radius 1 is 0.830 bits per heavy atom. The first-order valence-electron chi connectivity index (χ1n) is 16.2. The maximum absolute atomic E-state index is 12.6. The van der Waals surface area contributed by atoms with Crippen LogP contribution in [0, 0.1) is 0 Å². The van der Waals surface area contributed by atoms with Crippen LogP contribution in [-0.4, -0.2) is 47.1 Å². The second-order valence-corrected chi connectivity index (χ2v) is 12.1. The molecule has 0 spiro atoms. The Morgan fingerprint density at radius 3 is 2.36 bits per heavy atom. The molecule has 7 heteroatoms. The van der Waals surface area contributed by atoms with E-state index in [2.05, 4.69) is 58.6 Å². The summed E-state index contributed by atoms with van der Waals surface area (Å²) in [7, 11) is 2.12. The molecule has 2 N–H and O–H groups in total. The van der Waals surface area contributed by atoms with Crippen molar-refractivity contribution in [2.24, 2.45) is 0 Å². The minimum Gasteiger partial charge on any atom is -0.392 e. The molecule has 6 rings (SSSR count). The van der Waals surface area contributed by atoms with Crippen molar-refractivity contribution in [3.05, 3.63) is 161 Å². The van der Waals surface area contributed by atoms with Crippen LogP contribution in [0.3, 0.4) is 0 Å². The largest absolute Gasteiger partial charge is 0.392 e. The normalized spacial score (nSPS) is 17.8. The van der Waals surface area contributed by atoms with Crippen LogP contribution in [0.25, 0.3) is 11.1 Å². The maximum atomic E-state index is 12.6. The first kappa shape index (κ1) is 32.3. The molecular formula is C40H41N3O4. The van der Waals surface area contributed by atoms with Crippen LogP contribution >= 0.6 is 0 Å². The summed E-state index contributed by atoms with van der Waals surface area (Å²) < 4.78 is 13.3. The van der Waals surface area contributed by atoms with Gasteiger partial charge in [0.05, 0.1) is 18.8 Å². The molecule has 1 fully saturated rings. The number of hydrogen-bond acceptors (Lipinski definition) is 6. The lowest BCUT2D eigenvalue weighted by molar-refractivity contribution is -0.252. The number of rotatable bonds is 12. The second kappa shape index (κ2) is 15.8. The lowest BCUT2D eigenvalue weighted by atomic mass is 9.98. The number of aliphatic hydroxyl groups excluding tert-OH is 1. The summed E-state index contributed by atoms with van der Waals surface area (Å²) in [5, 5.41) is 12.6. The zero-order chi connectivity index (χ0) is 32.4. The molecule has 0 radical (unpaired) electrons. The molecule has 1 aliphatic heterocycles. The molecule has 0 saturated carbocycles. The van der Waals surface area contributed by atoms with Gasteiger partial charge in [-0.25, -0.2) is 0 Å². The molecule has 1 aromatic heterocycles. The number of carbonyl (C=O) groups is 1. The Labute approximate surface area is 276 Å². The molecule has 7 nitrogen and oxygen atoms in total. The number of nitrogens with zero attached hydrogens (tertiary/aromatic N) is 2. The molecule has 3 unspecified atom stereocenters. The summed E-state index contributed by atoms with van der Waals surface area (Å²) in [4.78, 5) is 19.4. The Kier molecular flexibility index (Phi) is 10.8. The maximum Gasteiger partial charge on any atom is 0.251 e. The van der Waals surface area contributed by atoms with Crippen molar-refractivity contribution in [1.82, 2.24) is 15.2 Å². The van der Waals surface area contributed by atoms with Crippen LogP contribution in [0.4, 0.5) is 0 Å². The third kappa shape index (κ3) is 8.78. The Bertz CT molecular complexity index is 1730. The summed E-state index contributed by atoms with van der Waals surface area (Å²) in [6, 6.07) is 39.8. The number of nitrogens with one attached hydrogen (secondary N) is 1. The highest BCUT2D eigenvalue weighted by atomic mass is 16.7. The molecule has 0 aliphatic carbocycles. The van der Waals surface area contributed by atoms with Crippen LogP contribution < -0.4 is 5.32 Å². The molecule has 47 heavy (non-hydrogen) atoms. The van der Waals surface area contributed by atoms with Crippen molar-refractivity contribution in [3.63, 3.8) is 0 Å². The van der Waals surface area contributed by atoms with Crippen molar-refractivity contribution in [1.29, 1.82) is 0 Å². The van der Waals surface area contributed by atoms with Crippen LogP contribution in [0.5, 0.6) is 0 Å². The van der Waals surface area contributed by atoms with Crippen molar-refractivity contribution in [2.45, 2.75) is 44.5 Å². The van der Waals surface area contributed by atoms with E-state index in [-0.39, 0.29) is 24.7 Å². The number of likely N-dealkylation sites (N-methyl/N-ethyl adjacent to an activating group) is 1. The van der Waals surface area contributed by atoms with Gasteiger partial charge in [0.25, 0.3) is 5.91 Å². The van der Waals surface area contributed by atoms with Gasteiger partial charge in [0.1, 0.15) is 0 Å². The average molecular weight is 628 g/mol. The fourth-order valence-corrected chi connectivity index (χ4v) is 5.92. The van der Waals surface area contributed by atoms with Gasteiger partial charge in [-0.1, -0.05) is 84.9 Å². The molecular weight excluding hydrogens is 586 g/mol.